The van der Waals surface area contributed by atoms with Crippen molar-refractivity contribution in [1.82, 2.24) is 16.0 Å². The first-order valence-corrected chi connectivity index (χ1v) is 9.58. The fraction of sp³-hybridized carbons (Fsp3) is 0.476. The first-order valence-electron chi connectivity index (χ1n) is 9.58. The lowest BCUT2D eigenvalue weighted by molar-refractivity contribution is -0.130. The first kappa shape index (κ1) is 23.5. The van der Waals surface area contributed by atoms with Gasteiger partial charge >= 0.3 is 0 Å². The van der Waals surface area contributed by atoms with Gasteiger partial charge in [0.2, 0.25) is 18.1 Å². The summed E-state index contributed by atoms with van der Waals surface area (Å²) in [4.78, 5) is 36.0. The molecular weight excluding hydrogens is 356 g/mol. The molecule has 28 heavy (non-hydrogen) atoms. The van der Waals surface area contributed by atoms with Crippen molar-refractivity contribution in [3.8, 4) is 0 Å². The van der Waals surface area contributed by atoms with E-state index in [9.17, 15) is 14.4 Å². The van der Waals surface area contributed by atoms with Crippen molar-refractivity contribution in [2.24, 2.45) is 5.73 Å². The van der Waals surface area contributed by atoms with Crippen LogP contribution in [0, 0.1) is 0 Å². The molecule has 0 heterocycles. The molecular formula is C21H31N4O3. The normalized spacial score (nSPS) is 13.8. The van der Waals surface area contributed by atoms with Crippen LogP contribution in [0.25, 0.3) is 0 Å². The van der Waals surface area contributed by atoms with Gasteiger partial charge in [-0.15, -0.1) is 6.58 Å². The van der Waals surface area contributed by atoms with Crippen molar-refractivity contribution in [3.05, 3.63) is 48.6 Å². The Morgan fingerprint density at radius 1 is 1.14 bits per heavy atom. The minimum Gasteiger partial charge on any atom is -0.344 e. The second-order valence-electron chi connectivity index (χ2n) is 6.63. The summed E-state index contributed by atoms with van der Waals surface area (Å²) in [5.74, 6) is -0.676. The van der Waals surface area contributed by atoms with E-state index < -0.39 is 24.0 Å². The Morgan fingerprint density at radius 2 is 1.82 bits per heavy atom. The van der Waals surface area contributed by atoms with Gasteiger partial charge in [-0.3, -0.25) is 14.4 Å². The standard InChI is InChI=1S/C21H31N4O3/c1-3-13-23-19(14-17-9-5-4-6-10-17)21(28)25-18(11-7-8-12-22)20(27)24-16(2)15-26/h3-6,9-10,16,18-19,23H,1,7-8,11-14,22H2,2H3,(H,24,27)(H,25,28)/t16-,18-,19-/m0/s1. The summed E-state index contributed by atoms with van der Waals surface area (Å²) < 4.78 is 0. The highest BCUT2D eigenvalue weighted by Crippen LogP contribution is 2.06. The number of benzene rings is 1. The van der Waals surface area contributed by atoms with Crippen molar-refractivity contribution < 1.29 is 14.4 Å². The summed E-state index contributed by atoms with van der Waals surface area (Å²) in [6.07, 6.45) is 5.76. The van der Waals surface area contributed by atoms with Crippen LogP contribution < -0.4 is 21.7 Å². The van der Waals surface area contributed by atoms with Gasteiger partial charge in [0, 0.05) is 6.54 Å². The molecule has 0 spiro atoms. The molecule has 0 unspecified atom stereocenters. The van der Waals surface area contributed by atoms with Crippen LogP contribution in [0.1, 0.15) is 31.7 Å². The maximum Gasteiger partial charge on any atom is 0.243 e. The van der Waals surface area contributed by atoms with Crippen LogP contribution in [0.4, 0.5) is 0 Å². The minimum atomic E-state index is -0.737. The zero-order valence-corrected chi connectivity index (χ0v) is 16.4. The molecule has 5 N–H and O–H groups in total. The number of carbonyl (C=O) groups is 2. The summed E-state index contributed by atoms with van der Waals surface area (Å²) in [5.41, 5.74) is 6.53. The molecule has 7 heteroatoms. The highest BCUT2D eigenvalue weighted by Gasteiger charge is 2.26. The Morgan fingerprint density at radius 3 is 2.43 bits per heavy atom. The second-order valence-corrected chi connectivity index (χ2v) is 6.63. The van der Waals surface area contributed by atoms with E-state index in [1.807, 2.05) is 30.3 Å². The number of rotatable bonds is 14. The van der Waals surface area contributed by atoms with E-state index in [2.05, 4.69) is 22.5 Å². The molecule has 0 aliphatic heterocycles. The molecule has 1 aromatic rings. The van der Waals surface area contributed by atoms with E-state index in [1.165, 1.54) is 6.92 Å². The molecule has 1 rings (SSSR count). The summed E-state index contributed by atoms with van der Waals surface area (Å²) >= 11 is 0. The lowest BCUT2D eigenvalue weighted by Crippen LogP contribution is -2.54. The maximum atomic E-state index is 12.9. The van der Waals surface area contributed by atoms with E-state index >= 15 is 0 Å². The smallest absolute Gasteiger partial charge is 0.243 e. The van der Waals surface area contributed by atoms with Gasteiger partial charge < -0.3 is 21.7 Å². The lowest BCUT2D eigenvalue weighted by Gasteiger charge is -2.23. The van der Waals surface area contributed by atoms with Crippen LogP contribution >= 0.6 is 0 Å². The van der Waals surface area contributed by atoms with Crippen LogP contribution in [0.3, 0.4) is 0 Å². The Balaban J connectivity index is 2.83. The van der Waals surface area contributed by atoms with Gasteiger partial charge in [-0.2, -0.15) is 0 Å². The quantitative estimate of drug-likeness (QED) is 0.276. The number of hydrogen-bond acceptors (Lipinski definition) is 5. The van der Waals surface area contributed by atoms with Crippen molar-refractivity contribution in [3.63, 3.8) is 0 Å². The molecule has 1 radical (unpaired) electrons. The van der Waals surface area contributed by atoms with Crippen molar-refractivity contribution in [1.29, 1.82) is 0 Å². The van der Waals surface area contributed by atoms with Crippen LogP contribution in [-0.2, 0) is 20.8 Å². The van der Waals surface area contributed by atoms with E-state index in [4.69, 9.17) is 5.73 Å². The molecule has 1 aromatic carbocycles. The molecule has 0 aliphatic carbocycles. The van der Waals surface area contributed by atoms with Crippen molar-refractivity contribution in [2.75, 3.05) is 13.1 Å². The molecule has 0 aliphatic rings. The first-order chi connectivity index (χ1) is 13.5. The van der Waals surface area contributed by atoms with Gasteiger partial charge in [0.1, 0.15) is 6.04 Å². The Bertz CT molecular complexity index is 621. The van der Waals surface area contributed by atoms with Crippen molar-refractivity contribution >= 4 is 18.1 Å². The summed E-state index contributed by atoms with van der Waals surface area (Å²) in [6, 6.07) is 7.65. The lowest BCUT2D eigenvalue weighted by atomic mass is 10.0. The Kier molecular flexibility index (Phi) is 11.5. The molecule has 2 amide bonds. The van der Waals surface area contributed by atoms with Crippen LogP contribution in [0.15, 0.2) is 43.0 Å². The topological polar surface area (TPSA) is 113 Å². The second kappa shape index (κ2) is 13.6. The minimum absolute atomic E-state index is 0.277. The van der Waals surface area contributed by atoms with Crippen LogP contribution in [0.5, 0.6) is 0 Å². The Hall–Kier alpha value is -2.51. The van der Waals surface area contributed by atoms with E-state index in [1.54, 1.807) is 12.4 Å². The number of amides is 2. The Labute approximate surface area is 167 Å². The van der Waals surface area contributed by atoms with E-state index in [0.717, 1.165) is 12.0 Å². The zero-order chi connectivity index (χ0) is 20.8. The highest BCUT2D eigenvalue weighted by atomic mass is 16.2. The molecule has 0 saturated heterocycles. The predicted octanol–water partition coefficient (Wildman–Crippen LogP) is 0.602. The van der Waals surface area contributed by atoms with Crippen molar-refractivity contribution in [2.45, 2.75) is 50.7 Å². The molecule has 0 fully saturated rings. The van der Waals surface area contributed by atoms with Gasteiger partial charge in [-0.25, -0.2) is 0 Å². The highest BCUT2D eigenvalue weighted by molar-refractivity contribution is 5.91. The zero-order valence-electron chi connectivity index (χ0n) is 16.4. The molecule has 0 bridgehead atoms. The largest absolute Gasteiger partial charge is 0.344 e. The van der Waals surface area contributed by atoms with E-state index in [0.29, 0.717) is 32.4 Å². The number of nitrogens with one attached hydrogen (secondary N) is 3. The maximum absolute atomic E-state index is 12.9. The average Bonchev–Trinajstić information content (AvgIpc) is 2.70. The van der Waals surface area contributed by atoms with Gasteiger partial charge in [0.15, 0.2) is 0 Å². The molecule has 0 saturated carbocycles. The summed E-state index contributed by atoms with van der Waals surface area (Å²) in [7, 11) is 0. The fourth-order valence-electron chi connectivity index (χ4n) is 2.71. The molecule has 3 atom stereocenters. The third-order valence-electron chi connectivity index (χ3n) is 4.22. The molecule has 0 aromatic heterocycles. The van der Waals surface area contributed by atoms with Gasteiger partial charge in [0.25, 0.3) is 0 Å². The number of unbranched alkanes of at least 4 members (excludes halogenated alkanes) is 1. The predicted molar refractivity (Wildman–Crippen MR) is 110 cm³/mol. The van der Waals surface area contributed by atoms with Gasteiger partial charge in [-0.05, 0) is 44.7 Å². The number of carbonyl (C=O) groups excluding carboxylic acids is 3. The van der Waals surface area contributed by atoms with Gasteiger partial charge in [-0.1, -0.05) is 36.4 Å². The third kappa shape index (κ3) is 8.92. The SMILES string of the molecule is C=CCN[C@@H](Cc1ccccc1)C(=O)N[C@@H](CCCCN)C(=O)N[C@@H](C)[C]=O. The fourth-order valence-corrected chi connectivity index (χ4v) is 2.71. The average molecular weight is 388 g/mol. The van der Waals surface area contributed by atoms with Crippen LogP contribution in [0.2, 0.25) is 0 Å². The van der Waals surface area contributed by atoms with Crippen LogP contribution in [-0.4, -0.2) is 49.3 Å². The molecule has 7 nitrogen and oxygen atoms in total. The number of nitrogens with two attached hydrogens (primary N) is 1. The summed E-state index contributed by atoms with van der Waals surface area (Å²) in [6.45, 7) is 6.19. The third-order valence-corrected chi connectivity index (χ3v) is 4.22. The monoisotopic (exact) mass is 387 g/mol. The summed E-state index contributed by atoms with van der Waals surface area (Å²) in [5, 5.41) is 8.50. The van der Waals surface area contributed by atoms with E-state index in [-0.39, 0.29) is 5.91 Å². The number of hydrogen-bond donors (Lipinski definition) is 4. The molecule has 153 valence electrons. The van der Waals surface area contributed by atoms with Gasteiger partial charge in [0.05, 0.1) is 12.1 Å².